The summed E-state index contributed by atoms with van der Waals surface area (Å²) in [6.45, 7) is 3.86. The van der Waals surface area contributed by atoms with E-state index < -0.39 is 24.3 Å². The molecule has 17 heteroatoms. The third-order valence-electron chi connectivity index (χ3n) is 13.1. The van der Waals surface area contributed by atoms with Crippen molar-refractivity contribution in [3.8, 4) is 0 Å². The molecular weight excluding hydrogens is 823 g/mol. The number of nitrogens with one attached hydrogen (secondary N) is 5. The second-order valence-electron chi connectivity index (χ2n) is 17.1. The second kappa shape index (κ2) is 19.1. The van der Waals surface area contributed by atoms with Gasteiger partial charge in [0, 0.05) is 110 Å². The van der Waals surface area contributed by atoms with Crippen LogP contribution in [0.5, 0.6) is 0 Å². The highest BCUT2D eigenvalue weighted by atomic mass is 19.3. The van der Waals surface area contributed by atoms with Gasteiger partial charge in [-0.25, -0.2) is 8.78 Å². The van der Waals surface area contributed by atoms with Gasteiger partial charge in [0.2, 0.25) is 17.7 Å². The van der Waals surface area contributed by atoms with E-state index in [1.54, 1.807) is 56.7 Å². The summed E-state index contributed by atoms with van der Waals surface area (Å²) in [5.41, 5.74) is 5.76. The van der Waals surface area contributed by atoms with Crippen molar-refractivity contribution in [3.05, 3.63) is 82.3 Å². The fourth-order valence-electron chi connectivity index (χ4n) is 9.70. The highest BCUT2D eigenvalue weighted by molar-refractivity contribution is 6.11. The number of hydrogen-bond acceptors (Lipinski definition) is 11. The number of amides is 4. The molecule has 2 aromatic carbocycles. The molecule has 0 radical (unpaired) electrons. The van der Waals surface area contributed by atoms with Gasteiger partial charge in [-0.15, -0.1) is 0 Å². The number of anilines is 3. The van der Waals surface area contributed by atoms with E-state index in [1.807, 2.05) is 11.0 Å². The molecule has 0 saturated carbocycles. The van der Waals surface area contributed by atoms with E-state index in [4.69, 9.17) is 10.5 Å². The van der Waals surface area contributed by atoms with Crippen molar-refractivity contribution in [1.29, 1.82) is 5.41 Å². The molecule has 5 heterocycles. The van der Waals surface area contributed by atoms with E-state index in [0.29, 0.717) is 105 Å². The van der Waals surface area contributed by atoms with Gasteiger partial charge in [-0.1, -0.05) is 0 Å². The summed E-state index contributed by atoms with van der Waals surface area (Å²) < 4.78 is 31.4. The lowest BCUT2D eigenvalue weighted by Crippen LogP contribution is -2.52. The fourth-order valence-corrected chi connectivity index (χ4v) is 9.70. The van der Waals surface area contributed by atoms with Gasteiger partial charge in [0.15, 0.2) is 5.82 Å². The van der Waals surface area contributed by atoms with Crippen molar-refractivity contribution < 1.29 is 32.8 Å². The first kappa shape index (κ1) is 44.1. The summed E-state index contributed by atoms with van der Waals surface area (Å²) in [6.07, 6.45) is 7.61. The molecule has 0 bridgehead atoms. The SMILES string of the molecule is CN/C=C(\C=N)c1cc2c(cc1C(F)F)N(c1nn(C3CCN(C(=O)CCCNc4ccc(C(=O)NC5CCC(=O)NC5=O)c5ncccc45)CC3)c3c1CC(C(C)=O)CC3)CCC2. The molecule has 2 saturated heterocycles. The molecule has 1 aliphatic carbocycles. The summed E-state index contributed by atoms with van der Waals surface area (Å²) >= 11 is 0. The minimum Gasteiger partial charge on any atom is -0.393 e. The highest BCUT2D eigenvalue weighted by Gasteiger charge is 2.36. The van der Waals surface area contributed by atoms with Crippen molar-refractivity contribution in [2.45, 2.75) is 96.1 Å². The lowest BCUT2D eigenvalue weighted by atomic mass is 9.84. The molecule has 15 nitrogen and oxygen atoms in total. The van der Waals surface area contributed by atoms with Crippen LogP contribution in [0.15, 0.2) is 48.8 Å². The molecule has 8 rings (SSSR count). The van der Waals surface area contributed by atoms with Crippen molar-refractivity contribution in [2.75, 3.05) is 43.4 Å². The first-order chi connectivity index (χ1) is 30.9. The normalized spacial score (nSPS) is 19.2. The van der Waals surface area contributed by atoms with E-state index in [0.717, 1.165) is 47.0 Å². The summed E-state index contributed by atoms with van der Waals surface area (Å²) in [5.74, 6) is -0.585. The number of rotatable bonds is 14. The zero-order valence-electron chi connectivity index (χ0n) is 36.1. The number of hydrogen-bond donors (Lipinski definition) is 5. The Labute approximate surface area is 369 Å². The van der Waals surface area contributed by atoms with Crippen molar-refractivity contribution >= 4 is 69.3 Å². The molecule has 4 amide bonds. The third-order valence-corrected chi connectivity index (χ3v) is 13.1. The topological polar surface area (TPSA) is 195 Å². The fraction of sp³-hybridized carbons (Fsp3) is 0.447. The van der Waals surface area contributed by atoms with Gasteiger partial charge in [0.1, 0.15) is 11.8 Å². The van der Waals surface area contributed by atoms with E-state index >= 15 is 0 Å². The van der Waals surface area contributed by atoms with E-state index in [-0.39, 0.29) is 48.0 Å². The largest absolute Gasteiger partial charge is 0.393 e. The number of nitrogens with zero attached hydrogens (tertiary/aromatic N) is 5. The number of pyridine rings is 1. The Kier molecular flexibility index (Phi) is 13.1. The summed E-state index contributed by atoms with van der Waals surface area (Å²) in [4.78, 5) is 71.6. The zero-order valence-corrected chi connectivity index (χ0v) is 36.1. The van der Waals surface area contributed by atoms with Gasteiger partial charge in [-0.05, 0) is 112 Å². The standard InChI is InChI=1S/C47H54F2N10O5/c1-27(60)28-9-13-39-36(22-28)45(58-19-5-6-29-23-34(30(25-50)26-51-2)35(44(48)49)24-40(29)58)56-59(39)31-15-20-57(21-16-31)42(62)8-4-17-52-37-11-10-33(43-32(37)7-3-18-53-43)46(63)54-38-12-14-41(61)55-47(38)64/h3,7,10-11,18,23-26,28,31,38,44,50-52H,4-6,8-9,12-17,19-22H2,1-2H3,(H,54,63)(H,55,61,64)/b30-26+,50-25?. The van der Waals surface area contributed by atoms with Crippen LogP contribution in [-0.2, 0) is 38.4 Å². The number of piperidine rings is 2. The molecule has 5 N–H and O–H groups in total. The van der Waals surface area contributed by atoms with Crippen LogP contribution in [0, 0.1) is 11.3 Å². The number of halogens is 2. The third kappa shape index (κ3) is 8.97. The first-order valence-corrected chi connectivity index (χ1v) is 22.2. The summed E-state index contributed by atoms with van der Waals surface area (Å²) in [5, 5.41) is 25.1. The average molecular weight is 877 g/mol. The molecule has 4 aromatic rings. The molecule has 2 atom stereocenters. The van der Waals surface area contributed by atoms with Crippen molar-refractivity contribution in [3.63, 3.8) is 0 Å². The predicted octanol–water partition coefficient (Wildman–Crippen LogP) is 5.95. The number of likely N-dealkylation sites (tertiary alicyclic amines) is 1. The molecule has 2 fully saturated rings. The van der Waals surface area contributed by atoms with Gasteiger partial charge in [0.05, 0.1) is 17.1 Å². The van der Waals surface area contributed by atoms with Gasteiger partial charge in [0.25, 0.3) is 12.3 Å². The van der Waals surface area contributed by atoms with E-state index in [2.05, 4.69) is 35.8 Å². The Morgan fingerprint density at radius 2 is 1.83 bits per heavy atom. The molecule has 336 valence electrons. The second-order valence-corrected chi connectivity index (χ2v) is 17.1. The maximum absolute atomic E-state index is 14.7. The molecular formula is C47H54F2N10O5. The lowest BCUT2D eigenvalue weighted by Gasteiger charge is -2.33. The number of alkyl halides is 2. The van der Waals surface area contributed by atoms with Crippen LogP contribution in [0.25, 0.3) is 16.5 Å². The first-order valence-electron chi connectivity index (χ1n) is 22.2. The number of ketones is 1. The maximum atomic E-state index is 14.7. The number of carbonyl (C=O) groups is 5. The van der Waals surface area contributed by atoms with Gasteiger partial charge >= 0.3 is 0 Å². The van der Waals surface area contributed by atoms with Crippen LogP contribution in [0.3, 0.4) is 0 Å². The maximum Gasteiger partial charge on any atom is 0.264 e. The van der Waals surface area contributed by atoms with Crippen LogP contribution >= 0.6 is 0 Å². The molecule has 4 aliphatic rings. The van der Waals surface area contributed by atoms with Crippen LogP contribution in [0.2, 0.25) is 0 Å². The minimum atomic E-state index is -2.76. The number of benzene rings is 2. The van der Waals surface area contributed by atoms with Gasteiger partial charge < -0.3 is 31.2 Å². The number of aromatic nitrogens is 3. The number of Topliss-reactive ketones (excluding diaryl/α,β-unsaturated/α-hetero) is 1. The summed E-state index contributed by atoms with van der Waals surface area (Å²) in [6, 6.07) is 9.64. The van der Waals surface area contributed by atoms with Crippen LogP contribution < -0.4 is 26.2 Å². The van der Waals surface area contributed by atoms with Crippen LogP contribution in [0.1, 0.15) is 109 Å². The Bertz CT molecular complexity index is 2530. The van der Waals surface area contributed by atoms with Crippen molar-refractivity contribution in [2.24, 2.45) is 5.92 Å². The number of imide groups is 1. The Balaban J connectivity index is 0.922. The van der Waals surface area contributed by atoms with Crippen LogP contribution in [-0.4, -0.2) is 94.6 Å². The number of allylic oxidation sites excluding steroid dienone is 1. The zero-order chi connectivity index (χ0) is 45.1. The van der Waals surface area contributed by atoms with Crippen LogP contribution in [0.4, 0.5) is 26.0 Å². The van der Waals surface area contributed by atoms with Crippen molar-refractivity contribution in [1.82, 2.24) is 35.6 Å². The highest BCUT2D eigenvalue weighted by Crippen LogP contribution is 2.44. The average Bonchev–Trinajstić information content (AvgIpc) is 3.68. The Morgan fingerprint density at radius 3 is 2.56 bits per heavy atom. The summed E-state index contributed by atoms with van der Waals surface area (Å²) in [7, 11) is 1.67. The predicted molar refractivity (Wildman–Crippen MR) is 239 cm³/mol. The molecule has 64 heavy (non-hydrogen) atoms. The number of fused-ring (bicyclic) bond motifs is 3. The monoisotopic (exact) mass is 876 g/mol. The molecule has 2 unspecified atom stereocenters. The lowest BCUT2D eigenvalue weighted by molar-refractivity contribution is -0.135. The quantitative estimate of drug-likeness (QED) is 0.0575. The van der Waals surface area contributed by atoms with Gasteiger partial charge in [-0.2, -0.15) is 5.10 Å². The number of carbonyl (C=O) groups excluding carboxylic acids is 5. The molecule has 2 aromatic heterocycles. The van der Waals surface area contributed by atoms with E-state index in [9.17, 15) is 32.8 Å². The smallest absolute Gasteiger partial charge is 0.264 e. The van der Waals surface area contributed by atoms with Gasteiger partial charge in [-0.3, -0.25) is 39.0 Å². The Hall–Kier alpha value is -6.52. The minimum absolute atomic E-state index is 0.0307. The molecule has 0 spiro atoms. The number of aryl methyl sites for hydroxylation is 1. The Morgan fingerprint density at radius 1 is 1.02 bits per heavy atom. The van der Waals surface area contributed by atoms with E-state index in [1.165, 1.54) is 0 Å². The molecule has 3 aliphatic heterocycles.